The van der Waals surface area contributed by atoms with Crippen molar-refractivity contribution in [3.8, 4) is 0 Å². The molecule has 5 heteroatoms. The minimum atomic E-state index is 0.102. The third kappa shape index (κ3) is 5.61. The van der Waals surface area contributed by atoms with Gasteiger partial charge in [0.05, 0.1) is 5.69 Å². The van der Waals surface area contributed by atoms with Gasteiger partial charge in [0.1, 0.15) is 0 Å². The van der Waals surface area contributed by atoms with Gasteiger partial charge in [-0.05, 0) is 30.9 Å². The van der Waals surface area contributed by atoms with E-state index in [-0.39, 0.29) is 11.9 Å². The quantitative estimate of drug-likeness (QED) is 0.709. The zero-order valence-corrected chi connectivity index (χ0v) is 11.9. The van der Waals surface area contributed by atoms with Crippen LogP contribution < -0.4 is 11.1 Å². The van der Waals surface area contributed by atoms with Crippen LogP contribution in [0, 0.1) is 5.92 Å². The number of rotatable bonds is 8. The van der Waals surface area contributed by atoms with Crippen molar-refractivity contribution in [3.05, 3.63) is 30.1 Å². The van der Waals surface area contributed by atoms with E-state index in [1.807, 2.05) is 18.2 Å². The van der Waals surface area contributed by atoms with E-state index in [9.17, 15) is 4.79 Å². The van der Waals surface area contributed by atoms with Crippen LogP contribution >= 0.6 is 11.8 Å². The second kappa shape index (κ2) is 7.50. The van der Waals surface area contributed by atoms with E-state index in [1.54, 1.807) is 18.0 Å². The molecule has 0 spiro atoms. The van der Waals surface area contributed by atoms with Crippen LogP contribution in [0.25, 0.3) is 0 Å². The fourth-order valence-electron chi connectivity index (χ4n) is 1.84. The number of aromatic nitrogens is 1. The molecule has 1 fully saturated rings. The van der Waals surface area contributed by atoms with E-state index < -0.39 is 0 Å². The van der Waals surface area contributed by atoms with Crippen molar-refractivity contribution < 1.29 is 4.79 Å². The summed E-state index contributed by atoms with van der Waals surface area (Å²) < 4.78 is 0. The van der Waals surface area contributed by atoms with Crippen molar-refractivity contribution in [2.24, 2.45) is 11.7 Å². The number of carbonyl (C=O) groups excluding carboxylic acids is 1. The lowest BCUT2D eigenvalue weighted by Gasteiger charge is -2.11. The number of nitrogens with one attached hydrogen (secondary N) is 1. The monoisotopic (exact) mass is 279 g/mol. The summed E-state index contributed by atoms with van der Waals surface area (Å²) in [5, 5.41) is 2.91. The van der Waals surface area contributed by atoms with E-state index in [0.717, 1.165) is 17.2 Å². The predicted octanol–water partition coefficient (Wildman–Crippen LogP) is 1.56. The van der Waals surface area contributed by atoms with Gasteiger partial charge in [0.25, 0.3) is 0 Å². The van der Waals surface area contributed by atoms with Gasteiger partial charge in [-0.15, -0.1) is 0 Å². The highest BCUT2D eigenvalue weighted by atomic mass is 32.2. The van der Waals surface area contributed by atoms with Gasteiger partial charge in [0, 0.05) is 36.7 Å². The Morgan fingerprint density at radius 3 is 3.05 bits per heavy atom. The standard InChI is InChI=1S/C14H21N3OS/c15-13(11-4-5-11)9-17-14(18)6-8-19-10-12-3-1-2-7-16-12/h1-3,7,11,13H,4-6,8-10,15H2,(H,17,18). The van der Waals surface area contributed by atoms with Gasteiger partial charge in [-0.3, -0.25) is 9.78 Å². The number of thioether (sulfide) groups is 1. The second-order valence-electron chi connectivity index (χ2n) is 4.93. The first kappa shape index (κ1) is 14.3. The average molecular weight is 279 g/mol. The molecule has 19 heavy (non-hydrogen) atoms. The molecule has 1 saturated carbocycles. The largest absolute Gasteiger partial charge is 0.355 e. The highest BCUT2D eigenvalue weighted by molar-refractivity contribution is 7.98. The molecular formula is C14H21N3OS. The SMILES string of the molecule is NC(CNC(=O)CCSCc1ccccn1)C1CC1. The van der Waals surface area contributed by atoms with Crippen molar-refractivity contribution >= 4 is 17.7 Å². The summed E-state index contributed by atoms with van der Waals surface area (Å²) in [6.45, 7) is 0.619. The molecule has 0 aliphatic heterocycles. The normalized spacial score (nSPS) is 16.1. The number of hydrogen-bond donors (Lipinski definition) is 2. The fourth-order valence-corrected chi connectivity index (χ4v) is 2.69. The highest BCUT2D eigenvalue weighted by Crippen LogP contribution is 2.31. The number of nitrogens with zero attached hydrogens (tertiary/aromatic N) is 1. The lowest BCUT2D eigenvalue weighted by Crippen LogP contribution is -2.38. The molecule has 4 nitrogen and oxygen atoms in total. The smallest absolute Gasteiger partial charge is 0.220 e. The van der Waals surface area contributed by atoms with Crippen LogP contribution in [0.2, 0.25) is 0 Å². The van der Waals surface area contributed by atoms with E-state index in [0.29, 0.717) is 18.9 Å². The molecule has 1 aliphatic carbocycles. The minimum Gasteiger partial charge on any atom is -0.355 e. The molecule has 2 rings (SSSR count). The molecular weight excluding hydrogens is 258 g/mol. The third-order valence-electron chi connectivity index (χ3n) is 3.21. The zero-order chi connectivity index (χ0) is 13.5. The molecule has 0 aromatic carbocycles. The van der Waals surface area contributed by atoms with E-state index in [2.05, 4.69) is 10.3 Å². The van der Waals surface area contributed by atoms with Gasteiger partial charge in [-0.2, -0.15) is 11.8 Å². The molecule has 0 saturated heterocycles. The van der Waals surface area contributed by atoms with Gasteiger partial charge in [-0.25, -0.2) is 0 Å². The van der Waals surface area contributed by atoms with Crippen LogP contribution in [0.3, 0.4) is 0 Å². The molecule has 1 amide bonds. The predicted molar refractivity (Wildman–Crippen MR) is 78.7 cm³/mol. The molecule has 104 valence electrons. The first-order chi connectivity index (χ1) is 9.25. The Labute approximate surface area is 118 Å². The molecule has 1 atom stereocenters. The Morgan fingerprint density at radius 1 is 1.53 bits per heavy atom. The molecule has 0 radical (unpaired) electrons. The number of hydrogen-bond acceptors (Lipinski definition) is 4. The summed E-state index contributed by atoms with van der Waals surface area (Å²) in [5.74, 6) is 2.42. The second-order valence-corrected chi connectivity index (χ2v) is 6.03. The van der Waals surface area contributed by atoms with Crippen molar-refractivity contribution in [2.45, 2.75) is 31.1 Å². The van der Waals surface area contributed by atoms with Crippen molar-refractivity contribution in [3.63, 3.8) is 0 Å². The maximum absolute atomic E-state index is 11.6. The number of carbonyl (C=O) groups is 1. The van der Waals surface area contributed by atoms with Gasteiger partial charge < -0.3 is 11.1 Å². The van der Waals surface area contributed by atoms with Crippen LogP contribution in [0.4, 0.5) is 0 Å². The van der Waals surface area contributed by atoms with Gasteiger partial charge in [0.2, 0.25) is 5.91 Å². The van der Waals surface area contributed by atoms with Crippen molar-refractivity contribution in [1.82, 2.24) is 10.3 Å². The maximum atomic E-state index is 11.6. The van der Waals surface area contributed by atoms with E-state index in [1.165, 1.54) is 12.8 Å². The maximum Gasteiger partial charge on any atom is 0.220 e. The molecule has 1 aromatic heterocycles. The van der Waals surface area contributed by atoms with Crippen LogP contribution in [0.5, 0.6) is 0 Å². The molecule has 1 heterocycles. The third-order valence-corrected chi connectivity index (χ3v) is 4.20. The van der Waals surface area contributed by atoms with Crippen LogP contribution in [0.15, 0.2) is 24.4 Å². The van der Waals surface area contributed by atoms with Gasteiger partial charge >= 0.3 is 0 Å². The zero-order valence-electron chi connectivity index (χ0n) is 11.0. The van der Waals surface area contributed by atoms with Crippen LogP contribution in [0.1, 0.15) is 25.0 Å². The molecule has 3 N–H and O–H groups in total. The fraction of sp³-hybridized carbons (Fsp3) is 0.571. The molecule has 0 bridgehead atoms. The Bertz CT molecular complexity index is 395. The minimum absolute atomic E-state index is 0.102. The lowest BCUT2D eigenvalue weighted by molar-refractivity contribution is -0.120. The first-order valence-electron chi connectivity index (χ1n) is 6.75. The summed E-state index contributed by atoms with van der Waals surface area (Å²) >= 11 is 1.73. The van der Waals surface area contributed by atoms with Gasteiger partial charge in [-0.1, -0.05) is 6.07 Å². The topological polar surface area (TPSA) is 68.0 Å². The average Bonchev–Trinajstić information content (AvgIpc) is 3.27. The lowest BCUT2D eigenvalue weighted by atomic mass is 10.2. The Balaban J connectivity index is 1.51. The molecule has 1 aromatic rings. The molecule has 1 aliphatic rings. The summed E-state index contributed by atoms with van der Waals surface area (Å²) in [4.78, 5) is 15.8. The summed E-state index contributed by atoms with van der Waals surface area (Å²) in [6, 6.07) is 6.03. The summed E-state index contributed by atoms with van der Waals surface area (Å²) in [7, 11) is 0. The summed E-state index contributed by atoms with van der Waals surface area (Å²) in [6.07, 6.45) is 4.78. The van der Waals surface area contributed by atoms with Crippen LogP contribution in [-0.2, 0) is 10.5 Å². The number of amides is 1. The van der Waals surface area contributed by atoms with Crippen molar-refractivity contribution in [1.29, 1.82) is 0 Å². The number of pyridine rings is 1. The van der Waals surface area contributed by atoms with Crippen molar-refractivity contribution in [2.75, 3.05) is 12.3 Å². The Kier molecular flexibility index (Phi) is 5.66. The summed E-state index contributed by atoms with van der Waals surface area (Å²) in [5.41, 5.74) is 6.99. The Hall–Kier alpha value is -1.07. The van der Waals surface area contributed by atoms with Gasteiger partial charge in [0.15, 0.2) is 0 Å². The van der Waals surface area contributed by atoms with E-state index >= 15 is 0 Å². The highest BCUT2D eigenvalue weighted by Gasteiger charge is 2.28. The first-order valence-corrected chi connectivity index (χ1v) is 7.91. The Morgan fingerprint density at radius 2 is 2.37 bits per heavy atom. The van der Waals surface area contributed by atoms with E-state index in [4.69, 9.17) is 5.73 Å². The number of nitrogens with two attached hydrogens (primary N) is 1. The van der Waals surface area contributed by atoms with Crippen LogP contribution in [-0.4, -0.2) is 29.2 Å². The molecule has 1 unspecified atom stereocenters.